The summed E-state index contributed by atoms with van der Waals surface area (Å²) in [6, 6.07) is 5.53. The van der Waals surface area contributed by atoms with Crippen LogP contribution in [0.2, 0.25) is 0 Å². The van der Waals surface area contributed by atoms with Crippen LogP contribution in [0.3, 0.4) is 0 Å². The third-order valence-electron chi connectivity index (χ3n) is 4.30. The van der Waals surface area contributed by atoms with Gasteiger partial charge < -0.3 is 15.6 Å². The van der Waals surface area contributed by atoms with Gasteiger partial charge in [-0.25, -0.2) is 4.98 Å². The quantitative estimate of drug-likeness (QED) is 0.899. The van der Waals surface area contributed by atoms with Crippen molar-refractivity contribution in [2.45, 2.75) is 26.2 Å². The van der Waals surface area contributed by atoms with Crippen molar-refractivity contribution in [3.05, 3.63) is 29.6 Å². The molecule has 6 nitrogen and oxygen atoms in total. The molecule has 0 radical (unpaired) electrons. The number of hydrogen-bond acceptors (Lipinski definition) is 3. The lowest BCUT2D eigenvalue weighted by molar-refractivity contribution is -0.123. The Morgan fingerprint density at radius 1 is 1.36 bits per heavy atom. The summed E-state index contributed by atoms with van der Waals surface area (Å²) in [4.78, 5) is 33.2. The number of likely N-dealkylation sites (tertiary alicyclic amines) is 1. The van der Waals surface area contributed by atoms with Crippen LogP contribution in [0.1, 0.15) is 35.9 Å². The molecule has 1 saturated heterocycles. The maximum absolute atomic E-state index is 12.6. The van der Waals surface area contributed by atoms with E-state index in [1.165, 1.54) is 0 Å². The minimum absolute atomic E-state index is 0.00234. The summed E-state index contributed by atoms with van der Waals surface area (Å²) in [6.45, 7) is 3.19. The van der Waals surface area contributed by atoms with Gasteiger partial charge in [0, 0.05) is 31.0 Å². The fourth-order valence-electron chi connectivity index (χ4n) is 2.91. The summed E-state index contributed by atoms with van der Waals surface area (Å²) in [6.07, 6.45) is 2.12. The van der Waals surface area contributed by atoms with E-state index >= 15 is 0 Å². The number of fused-ring (bicyclic) bond motifs is 1. The largest absolute Gasteiger partial charge is 0.369 e. The number of benzene rings is 1. The number of carbonyl (C=O) groups excluding carboxylic acids is 2. The van der Waals surface area contributed by atoms with Crippen molar-refractivity contribution < 1.29 is 9.59 Å². The zero-order chi connectivity index (χ0) is 15.7. The number of nitrogens with one attached hydrogen (secondary N) is 1. The SMILES string of the molecule is CCc1nc2ccc(C(=O)N3CCC(C(N)=O)CC3)cc2[nH]1. The van der Waals surface area contributed by atoms with Crippen LogP contribution in [0.15, 0.2) is 18.2 Å². The number of aryl methyl sites for hydroxylation is 1. The van der Waals surface area contributed by atoms with Crippen LogP contribution in [0.5, 0.6) is 0 Å². The minimum atomic E-state index is -0.266. The number of primary amides is 1. The van der Waals surface area contributed by atoms with E-state index in [-0.39, 0.29) is 17.7 Å². The lowest BCUT2D eigenvalue weighted by Crippen LogP contribution is -2.41. The van der Waals surface area contributed by atoms with Gasteiger partial charge in [0.15, 0.2) is 0 Å². The van der Waals surface area contributed by atoms with Crippen molar-refractivity contribution in [3.63, 3.8) is 0 Å². The van der Waals surface area contributed by atoms with Crippen molar-refractivity contribution in [2.75, 3.05) is 13.1 Å². The number of nitrogens with two attached hydrogens (primary N) is 1. The molecule has 2 aromatic rings. The molecule has 0 saturated carbocycles. The van der Waals surface area contributed by atoms with Gasteiger partial charge >= 0.3 is 0 Å². The summed E-state index contributed by atoms with van der Waals surface area (Å²) in [5.41, 5.74) is 7.73. The molecule has 1 aliphatic rings. The number of piperidine rings is 1. The lowest BCUT2D eigenvalue weighted by atomic mass is 9.96. The van der Waals surface area contributed by atoms with Gasteiger partial charge in [-0.05, 0) is 31.0 Å². The predicted molar refractivity (Wildman–Crippen MR) is 83.3 cm³/mol. The van der Waals surface area contributed by atoms with E-state index in [9.17, 15) is 9.59 Å². The Hall–Kier alpha value is -2.37. The Kier molecular flexibility index (Phi) is 3.83. The van der Waals surface area contributed by atoms with Crippen LogP contribution < -0.4 is 5.73 Å². The van der Waals surface area contributed by atoms with E-state index in [4.69, 9.17) is 5.73 Å². The van der Waals surface area contributed by atoms with Crippen LogP contribution in [0, 0.1) is 5.92 Å². The van der Waals surface area contributed by atoms with E-state index in [1.807, 2.05) is 25.1 Å². The van der Waals surface area contributed by atoms with E-state index in [0.29, 0.717) is 31.5 Å². The van der Waals surface area contributed by atoms with Crippen LogP contribution in [-0.4, -0.2) is 39.8 Å². The molecule has 1 aromatic carbocycles. The molecule has 0 atom stereocenters. The third kappa shape index (κ3) is 2.68. The molecule has 3 N–H and O–H groups in total. The molecule has 1 aliphatic heterocycles. The molecule has 6 heteroatoms. The molecule has 2 heterocycles. The Morgan fingerprint density at radius 3 is 2.73 bits per heavy atom. The minimum Gasteiger partial charge on any atom is -0.369 e. The molecule has 1 aromatic heterocycles. The molecular weight excluding hydrogens is 280 g/mol. The number of carbonyl (C=O) groups is 2. The van der Waals surface area contributed by atoms with Gasteiger partial charge in [-0.15, -0.1) is 0 Å². The Balaban J connectivity index is 1.76. The van der Waals surface area contributed by atoms with E-state index in [2.05, 4.69) is 9.97 Å². The number of hydrogen-bond donors (Lipinski definition) is 2. The van der Waals surface area contributed by atoms with Crippen molar-refractivity contribution in [2.24, 2.45) is 11.7 Å². The summed E-state index contributed by atoms with van der Waals surface area (Å²) < 4.78 is 0. The van der Waals surface area contributed by atoms with E-state index < -0.39 is 0 Å². The molecule has 0 spiro atoms. The molecule has 2 amide bonds. The summed E-state index contributed by atoms with van der Waals surface area (Å²) in [5, 5.41) is 0. The lowest BCUT2D eigenvalue weighted by Gasteiger charge is -2.30. The van der Waals surface area contributed by atoms with Crippen molar-refractivity contribution in [3.8, 4) is 0 Å². The molecule has 1 fully saturated rings. The number of aromatic amines is 1. The maximum Gasteiger partial charge on any atom is 0.253 e. The number of amides is 2. The fourth-order valence-corrected chi connectivity index (χ4v) is 2.91. The van der Waals surface area contributed by atoms with Crippen molar-refractivity contribution >= 4 is 22.8 Å². The Morgan fingerprint density at radius 2 is 2.09 bits per heavy atom. The normalized spacial score (nSPS) is 16.1. The fraction of sp³-hybridized carbons (Fsp3) is 0.438. The second-order valence-electron chi connectivity index (χ2n) is 5.74. The van der Waals surface area contributed by atoms with Crippen LogP contribution in [-0.2, 0) is 11.2 Å². The van der Waals surface area contributed by atoms with Gasteiger partial charge in [-0.3, -0.25) is 9.59 Å². The van der Waals surface area contributed by atoms with Crippen molar-refractivity contribution in [1.82, 2.24) is 14.9 Å². The summed E-state index contributed by atoms with van der Waals surface area (Å²) in [5.74, 6) is 0.545. The monoisotopic (exact) mass is 300 g/mol. The number of rotatable bonds is 3. The van der Waals surface area contributed by atoms with Gasteiger partial charge in [0.2, 0.25) is 5.91 Å². The topological polar surface area (TPSA) is 92.1 Å². The smallest absolute Gasteiger partial charge is 0.253 e. The molecular formula is C16H20N4O2. The number of aromatic nitrogens is 2. The Labute approximate surface area is 128 Å². The second-order valence-corrected chi connectivity index (χ2v) is 5.74. The van der Waals surface area contributed by atoms with Crippen LogP contribution in [0.4, 0.5) is 0 Å². The van der Waals surface area contributed by atoms with Gasteiger partial charge in [0.25, 0.3) is 5.91 Å². The number of imidazole rings is 1. The number of H-pyrrole nitrogens is 1. The summed E-state index contributed by atoms with van der Waals surface area (Å²) in [7, 11) is 0. The second kappa shape index (κ2) is 5.79. The molecule has 3 rings (SSSR count). The van der Waals surface area contributed by atoms with Gasteiger partial charge in [-0.2, -0.15) is 0 Å². The first-order valence-electron chi connectivity index (χ1n) is 7.65. The average molecular weight is 300 g/mol. The van der Waals surface area contributed by atoms with Crippen LogP contribution in [0.25, 0.3) is 11.0 Å². The van der Waals surface area contributed by atoms with Gasteiger partial charge in [-0.1, -0.05) is 6.92 Å². The van der Waals surface area contributed by atoms with E-state index in [1.54, 1.807) is 4.90 Å². The third-order valence-corrected chi connectivity index (χ3v) is 4.30. The highest BCUT2D eigenvalue weighted by atomic mass is 16.2. The first-order chi connectivity index (χ1) is 10.6. The standard InChI is InChI=1S/C16H20N4O2/c1-2-14-18-12-4-3-11(9-13(12)19-14)16(22)20-7-5-10(6-8-20)15(17)21/h3-4,9-10H,2,5-8H2,1H3,(H2,17,21)(H,18,19). The predicted octanol–water partition coefficient (Wildman–Crippen LogP) is 1.46. The maximum atomic E-state index is 12.6. The van der Waals surface area contributed by atoms with Crippen LogP contribution >= 0.6 is 0 Å². The summed E-state index contributed by atoms with van der Waals surface area (Å²) >= 11 is 0. The van der Waals surface area contributed by atoms with Gasteiger partial charge in [0.1, 0.15) is 5.82 Å². The highest BCUT2D eigenvalue weighted by Gasteiger charge is 2.26. The molecule has 0 unspecified atom stereocenters. The Bertz CT molecular complexity index is 714. The first-order valence-corrected chi connectivity index (χ1v) is 7.65. The zero-order valence-electron chi connectivity index (χ0n) is 12.6. The highest BCUT2D eigenvalue weighted by molar-refractivity contribution is 5.97. The first kappa shape index (κ1) is 14.6. The zero-order valence-corrected chi connectivity index (χ0v) is 12.6. The van der Waals surface area contributed by atoms with Gasteiger partial charge in [0.05, 0.1) is 11.0 Å². The van der Waals surface area contributed by atoms with Crippen molar-refractivity contribution in [1.29, 1.82) is 0 Å². The molecule has 22 heavy (non-hydrogen) atoms. The van der Waals surface area contributed by atoms with E-state index in [0.717, 1.165) is 23.3 Å². The molecule has 116 valence electrons. The average Bonchev–Trinajstić information content (AvgIpc) is 2.96. The molecule has 0 bridgehead atoms. The molecule has 0 aliphatic carbocycles. The number of nitrogens with zero attached hydrogens (tertiary/aromatic N) is 2. The highest BCUT2D eigenvalue weighted by Crippen LogP contribution is 2.20.